The lowest BCUT2D eigenvalue weighted by Crippen LogP contribution is -2.04. The Kier molecular flexibility index (Phi) is 5.88. The Morgan fingerprint density at radius 3 is 2.65 bits per heavy atom. The third-order valence-electron chi connectivity index (χ3n) is 2.74. The molecule has 1 aromatic heterocycles. The van der Waals surface area contributed by atoms with Crippen LogP contribution in [0.5, 0.6) is 11.5 Å². The molecule has 3 nitrogen and oxygen atoms in total. The van der Waals surface area contributed by atoms with Crippen molar-refractivity contribution < 1.29 is 9.47 Å². The molecule has 0 unspecified atom stereocenters. The molecule has 0 bridgehead atoms. The maximum Gasteiger partial charge on any atom is 0.161 e. The predicted octanol–water partition coefficient (Wildman–Crippen LogP) is 3.99. The Labute approximate surface area is 131 Å². The fourth-order valence-corrected chi connectivity index (χ4v) is 3.24. The van der Waals surface area contributed by atoms with Crippen LogP contribution in [-0.2, 0) is 13.0 Å². The van der Waals surface area contributed by atoms with E-state index in [-0.39, 0.29) is 0 Å². The van der Waals surface area contributed by atoms with Gasteiger partial charge in [-0.25, -0.2) is 0 Å². The summed E-state index contributed by atoms with van der Waals surface area (Å²) in [7, 11) is 0. The summed E-state index contributed by atoms with van der Waals surface area (Å²) < 4.78 is 12.6. The van der Waals surface area contributed by atoms with Gasteiger partial charge in [0.25, 0.3) is 0 Å². The smallest absolute Gasteiger partial charge is 0.161 e. The normalized spacial score (nSPS) is 10.6. The Hall–Kier alpha value is -1.04. The van der Waals surface area contributed by atoms with Crippen LogP contribution in [0.4, 0.5) is 0 Å². The van der Waals surface area contributed by atoms with Gasteiger partial charge in [0.1, 0.15) is 6.61 Å². The van der Waals surface area contributed by atoms with Gasteiger partial charge in [-0.2, -0.15) is 0 Å². The predicted molar refractivity (Wildman–Crippen MR) is 86.7 cm³/mol. The van der Waals surface area contributed by atoms with Crippen molar-refractivity contribution >= 4 is 27.3 Å². The van der Waals surface area contributed by atoms with Gasteiger partial charge < -0.3 is 15.2 Å². The van der Waals surface area contributed by atoms with E-state index in [0.717, 1.165) is 21.7 Å². The minimum Gasteiger partial charge on any atom is -0.490 e. The van der Waals surface area contributed by atoms with Crippen molar-refractivity contribution in [3.05, 3.63) is 44.6 Å². The summed E-state index contributed by atoms with van der Waals surface area (Å²) in [5.41, 5.74) is 6.75. The van der Waals surface area contributed by atoms with E-state index in [1.807, 2.05) is 31.2 Å². The largest absolute Gasteiger partial charge is 0.490 e. The minimum atomic E-state index is 0.548. The number of hydrogen-bond acceptors (Lipinski definition) is 4. The second-order valence-electron chi connectivity index (χ2n) is 4.25. The lowest BCUT2D eigenvalue weighted by Gasteiger charge is -2.12. The molecule has 2 rings (SSSR count). The third-order valence-corrected chi connectivity index (χ3v) is 4.34. The molecule has 0 aliphatic rings. The Bertz CT molecular complexity index is 557. The third kappa shape index (κ3) is 4.23. The van der Waals surface area contributed by atoms with Gasteiger partial charge in [0, 0.05) is 4.88 Å². The lowest BCUT2D eigenvalue weighted by molar-refractivity contribution is 0.271. The molecule has 2 N–H and O–H groups in total. The number of ether oxygens (including phenoxy) is 2. The molecule has 1 aromatic carbocycles. The molecule has 0 fully saturated rings. The van der Waals surface area contributed by atoms with Crippen molar-refractivity contribution in [2.24, 2.45) is 5.73 Å². The highest BCUT2D eigenvalue weighted by molar-refractivity contribution is 9.11. The zero-order chi connectivity index (χ0) is 14.4. The van der Waals surface area contributed by atoms with E-state index in [0.29, 0.717) is 19.8 Å². The molecule has 0 radical (unpaired) electrons. The minimum absolute atomic E-state index is 0.548. The van der Waals surface area contributed by atoms with E-state index < -0.39 is 0 Å². The molecular formula is C15H18BrNO2S. The van der Waals surface area contributed by atoms with E-state index >= 15 is 0 Å². The molecule has 5 heteroatoms. The monoisotopic (exact) mass is 355 g/mol. The summed E-state index contributed by atoms with van der Waals surface area (Å²) in [4.78, 5) is 1.17. The highest BCUT2D eigenvalue weighted by atomic mass is 79.9. The van der Waals surface area contributed by atoms with Gasteiger partial charge in [-0.05, 0) is 65.6 Å². The van der Waals surface area contributed by atoms with E-state index in [2.05, 4.69) is 22.0 Å². The molecule has 108 valence electrons. The molecule has 0 aliphatic heterocycles. The first-order valence-corrected chi connectivity index (χ1v) is 8.16. The first kappa shape index (κ1) is 15.4. The van der Waals surface area contributed by atoms with Crippen LogP contribution in [0.25, 0.3) is 0 Å². The molecule has 20 heavy (non-hydrogen) atoms. The number of halogens is 1. The van der Waals surface area contributed by atoms with Crippen molar-refractivity contribution in [1.29, 1.82) is 0 Å². The van der Waals surface area contributed by atoms with E-state index in [1.165, 1.54) is 10.4 Å². The van der Waals surface area contributed by atoms with Gasteiger partial charge in [0.15, 0.2) is 11.5 Å². The van der Waals surface area contributed by atoms with Crippen LogP contribution in [0.2, 0.25) is 0 Å². The summed E-state index contributed by atoms with van der Waals surface area (Å²) in [5, 5.41) is 0. The molecule has 0 aliphatic carbocycles. The summed E-state index contributed by atoms with van der Waals surface area (Å²) in [6.07, 6.45) is 0.845. The zero-order valence-electron chi connectivity index (χ0n) is 11.4. The number of thiophene rings is 1. The second-order valence-corrected chi connectivity index (χ2v) is 6.79. The van der Waals surface area contributed by atoms with Crippen molar-refractivity contribution in [3.63, 3.8) is 0 Å². The van der Waals surface area contributed by atoms with Crippen LogP contribution in [0.15, 0.2) is 34.1 Å². The van der Waals surface area contributed by atoms with Crippen LogP contribution in [-0.4, -0.2) is 13.2 Å². The van der Waals surface area contributed by atoms with Crippen molar-refractivity contribution in [2.45, 2.75) is 20.0 Å². The van der Waals surface area contributed by atoms with E-state index in [4.69, 9.17) is 15.2 Å². The standard InChI is InChI=1S/C15H18BrNO2S/c1-2-18-14-9-11(7-8-17)3-5-13(14)19-10-12-4-6-15(16)20-12/h3-6,9H,2,7-8,10,17H2,1H3. The number of benzene rings is 1. The van der Waals surface area contributed by atoms with Gasteiger partial charge in [0.05, 0.1) is 10.4 Å². The van der Waals surface area contributed by atoms with E-state index in [9.17, 15) is 0 Å². The van der Waals surface area contributed by atoms with E-state index in [1.54, 1.807) is 11.3 Å². The number of rotatable bonds is 7. The summed E-state index contributed by atoms with van der Waals surface area (Å²) in [6.45, 7) is 3.77. The molecular weight excluding hydrogens is 338 g/mol. The van der Waals surface area contributed by atoms with Crippen molar-refractivity contribution in [2.75, 3.05) is 13.2 Å². The molecule has 1 heterocycles. The highest BCUT2D eigenvalue weighted by Crippen LogP contribution is 2.30. The summed E-state index contributed by atoms with van der Waals surface area (Å²) >= 11 is 5.12. The Balaban J connectivity index is 2.09. The Morgan fingerprint density at radius 2 is 2.00 bits per heavy atom. The van der Waals surface area contributed by atoms with Crippen molar-refractivity contribution in [3.8, 4) is 11.5 Å². The molecule has 0 spiro atoms. The second kappa shape index (κ2) is 7.67. The van der Waals surface area contributed by atoms with Crippen LogP contribution >= 0.6 is 27.3 Å². The maximum atomic E-state index is 5.86. The van der Waals surface area contributed by atoms with Crippen LogP contribution in [0.1, 0.15) is 17.4 Å². The molecule has 0 atom stereocenters. The molecule has 0 saturated heterocycles. The number of hydrogen-bond donors (Lipinski definition) is 1. The first-order valence-electron chi connectivity index (χ1n) is 6.55. The molecule has 0 saturated carbocycles. The van der Waals surface area contributed by atoms with Gasteiger partial charge in [0.2, 0.25) is 0 Å². The van der Waals surface area contributed by atoms with Gasteiger partial charge in [-0.1, -0.05) is 6.07 Å². The first-order chi connectivity index (χ1) is 9.72. The number of nitrogens with two attached hydrogens (primary N) is 1. The SMILES string of the molecule is CCOc1cc(CCN)ccc1OCc1ccc(Br)s1. The average Bonchev–Trinajstić information content (AvgIpc) is 2.84. The fourth-order valence-electron chi connectivity index (χ4n) is 1.84. The van der Waals surface area contributed by atoms with Crippen LogP contribution < -0.4 is 15.2 Å². The topological polar surface area (TPSA) is 44.5 Å². The van der Waals surface area contributed by atoms with Crippen LogP contribution in [0.3, 0.4) is 0 Å². The van der Waals surface area contributed by atoms with Crippen molar-refractivity contribution in [1.82, 2.24) is 0 Å². The summed E-state index contributed by atoms with van der Waals surface area (Å²) in [5.74, 6) is 1.56. The molecule has 0 amide bonds. The maximum absolute atomic E-state index is 5.86. The fraction of sp³-hybridized carbons (Fsp3) is 0.333. The van der Waals surface area contributed by atoms with Gasteiger partial charge in [-0.15, -0.1) is 11.3 Å². The van der Waals surface area contributed by atoms with Crippen LogP contribution in [0, 0.1) is 0 Å². The van der Waals surface area contributed by atoms with Gasteiger partial charge in [-0.3, -0.25) is 0 Å². The zero-order valence-corrected chi connectivity index (χ0v) is 13.8. The highest BCUT2D eigenvalue weighted by Gasteiger charge is 2.07. The average molecular weight is 356 g/mol. The summed E-state index contributed by atoms with van der Waals surface area (Å²) in [6, 6.07) is 10.1. The lowest BCUT2D eigenvalue weighted by atomic mass is 10.1. The quantitative estimate of drug-likeness (QED) is 0.816. The molecule has 2 aromatic rings. The Morgan fingerprint density at radius 1 is 1.15 bits per heavy atom. The van der Waals surface area contributed by atoms with Gasteiger partial charge >= 0.3 is 0 Å².